The first-order valence-electron chi connectivity index (χ1n) is 9.50. The summed E-state index contributed by atoms with van der Waals surface area (Å²) in [6, 6.07) is 9.26. The van der Waals surface area contributed by atoms with E-state index in [4.69, 9.17) is 0 Å². The van der Waals surface area contributed by atoms with Crippen molar-refractivity contribution in [1.29, 1.82) is 0 Å². The number of nitrogens with zero attached hydrogens (tertiary/aromatic N) is 2. The van der Waals surface area contributed by atoms with Crippen LogP contribution in [0.5, 0.6) is 0 Å². The van der Waals surface area contributed by atoms with Crippen molar-refractivity contribution in [2.24, 2.45) is 0 Å². The molecule has 28 heavy (non-hydrogen) atoms. The van der Waals surface area contributed by atoms with Gasteiger partial charge in [-0.1, -0.05) is 31.5 Å². The van der Waals surface area contributed by atoms with E-state index in [0.717, 1.165) is 41.8 Å². The Bertz CT molecular complexity index is 1000. The fourth-order valence-corrected chi connectivity index (χ4v) is 5.11. The summed E-state index contributed by atoms with van der Waals surface area (Å²) in [5, 5.41) is 0. The maximum Gasteiger partial charge on any atom is 0.261 e. The van der Waals surface area contributed by atoms with Gasteiger partial charge in [0.1, 0.15) is 5.82 Å². The Balaban J connectivity index is 2.02. The van der Waals surface area contributed by atoms with Crippen molar-refractivity contribution in [3.8, 4) is 0 Å². The topological polar surface area (TPSA) is 57.7 Å². The molecule has 0 radical (unpaired) electrons. The summed E-state index contributed by atoms with van der Waals surface area (Å²) < 4.78 is 41.3. The summed E-state index contributed by atoms with van der Waals surface area (Å²) in [5.41, 5.74) is 2.69. The minimum absolute atomic E-state index is 0.0675. The van der Waals surface area contributed by atoms with Crippen LogP contribution >= 0.6 is 0 Å². The Hall–Kier alpha value is -2.25. The molecule has 1 aliphatic heterocycles. The first-order chi connectivity index (χ1) is 13.3. The standard InChI is InChI=1S/C21H25FN2O3S/c1-4-23(5-2)28(26,27)17-9-10-19(22)18(14-17)21(25)24-12-6-7-16-13-15(3)8-11-20(16)24/h8-11,13-14H,4-7,12H2,1-3H3. The van der Waals surface area contributed by atoms with Crippen molar-refractivity contribution in [2.75, 3.05) is 24.5 Å². The summed E-state index contributed by atoms with van der Waals surface area (Å²) in [7, 11) is -3.77. The molecule has 0 fully saturated rings. The lowest BCUT2D eigenvalue weighted by Gasteiger charge is -2.30. The Morgan fingerprint density at radius 2 is 1.86 bits per heavy atom. The number of anilines is 1. The van der Waals surface area contributed by atoms with E-state index in [1.54, 1.807) is 18.7 Å². The molecule has 0 spiro atoms. The van der Waals surface area contributed by atoms with E-state index in [1.165, 1.54) is 10.4 Å². The third kappa shape index (κ3) is 3.69. The van der Waals surface area contributed by atoms with E-state index in [9.17, 15) is 17.6 Å². The minimum atomic E-state index is -3.77. The smallest absolute Gasteiger partial charge is 0.261 e. The first kappa shape index (κ1) is 20.5. The molecule has 0 N–H and O–H groups in total. The lowest BCUT2D eigenvalue weighted by Crippen LogP contribution is -2.36. The van der Waals surface area contributed by atoms with Crippen molar-refractivity contribution >= 4 is 21.6 Å². The van der Waals surface area contributed by atoms with Crippen LogP contribution in [0.1, 0.15) is 41.8 Å². The molecule has 1 amide bonds. The Kier molecular flexibility index (Phi) is 5.86. The van der Waals surface area contributed by atoms with Gasteiger partial charge in [-0.2, -0.15) is 4.31 Å². The van der Waals surface area contributed by atoms with Crippen LogP contribution in [0.15, 0.2) is 41.3 Å². The number of amides is 1. The zero-order chi connectivity index (χ0) is 20.5. The predicted octanol–water partition coefficient (Wildman–Crippen LogP) is 3.76. The van der Waals surface area contributed by atoms with Crippen LogP contribution in [0.3, 0.4) is 0 Å². The maximum atomic E-state index is 14.5. The lowest BCUT2D eigenvalue weighted by atomic mass is 9.99. The number of halogens is 1. The fraction of sp³-hybridized carbons (Fsp3) is 0.381. The molecule has 1 aliphatic rings. The first-order valence-corrected chi connectivity index (χ1v) is 10.9. The van der Waals surface area contributed by atoms with Crippen molar-refractivity contribution in [2.45, 2.75) is 38.5 Å². The van der Waals surface area contributed by atoms with Crippen LogP contribution in [0.2, 0.25) is 0 Å². The molecule has 3 rings (SSSR count). The quantitative estimate of drug-likeness (QED) is 0.762. The van der Waals surface area contributed by atoms with Crippen LogP contribution in [0.25, 0.3) is 0 Å². The highest BCUT2D eigenvalue weighted by Gasteiger charge is 2.28. The van der Waals surface area contributed by atoms with Gasteiger partial charge in [0.25, 0.3) is 5.91 Å². The van der Waals surface area contributed by atoms with Gasteiger partial charge < -0.3 is 4.90 Å². The molecule has 5 nitrogen and oxygen atoms in total. The van der Waals surface area contributed by atoms with Gasteiger partial charge in [-0.05, 0) is 49.6 Å². The second-order valence-electron chi connectivity index (χ2n) is 6.92. The van der Waals surface area contributed by atoms with E-state index in [2.05, 4.69) is 0 Å². The molecule has 0 saturated heterocycles. The highest BCUT2D eigenvalue weighted by atomic mass is 32.2. The molecule has 0 bridgehead atoms. The molecule has 0 aromatic heterocycles. The number of fused-ring (bicyclic) bond motifs is 1. The van der Waals surface area contributed by atoms with Crippen LogP contribution in [-0.4, -0.2) is 38.3 Å². The van der Waals surface area contributed by atoms with Gasteiger partial charge in [-0.25, -0.2) is 12.8 Å². The number of carbonyl (C=O) groups is 1. The van der Waals surface area contributed by atoms with E-state index >= 15 is 0 Å². The number of hydrogen-bond acceptors (Lipinski definition) is 3. The van der Waals surface area contributed by atoms with Crippen molar-refractivity contribution < 1.29 is 17.6 Å². The van der Waals surface area contributed by atoms with Crippen LogP contribution in [-0.2, 0) is 16.4 Å². The molecular weight excluding hydrogens is 379 g/mol. The average Bonchev–Trinajstić information content (AvgIpc) is 2.67. The van der Waals surface area contributed by atoms with Gasteiger partial charge in [0.2, 0.25) is 10.0 Å². The number of sulfonamides is 1. The second-order valence-corrected chi connectivity index (χ2v) is 8.86. The third-order valence-electron chi connectivity index (χ3n) is 5.11. The van der Waals surface area contributed by atoms with E-state index in [-0.39, 0.29) is 10.5 Å². The molecule has 7 heteroatoms. The van der Waals surface area contributed by atoms with Crippen LogP contribution in [0.4, 0.5) is 10.1 Å². The molecule has 0 aliphatic carbocycles. The van der Waals surface area contributed by atoms with Gasteiger partial charge in [0, 0.05) is 25.3 Å². The minimum Gasteiger partial charge on any atom is -0.308 e. The lowest BCUT2D eigenvalue weighted by molar-refractivity contribution is 0.0981. The fourth-order valence-electron chi connectivity index (χ4n) is 3.62. The average molecular weight is 405 g/mol. The molecule has 2 aromatic rings. The summed E-state index contributed by atoms with van der Waals surface area (Å²) in [6.07, 6.45) is 1.64. The van der Waals surface area contributed by atoms with Gasteiger partial charge in [0.15, 0.2) is 0 Å². The van der Waals surface area contributed by atoms with E-state index in [1.807, 2.05) is 25.1 Å². The Morgan fingerprint density at radius 1 is 1.14 bits per heavy atom. The third-order valence-corrected chi connectivity index (χ3v) is 7.16. The highest BCUT2D eigenvalue weighted by Crippen LogP contribution is 2.30. The van der Waals surface area contributed by atoms with Gasteiger partial charge in [-0.3, -0.25) is 4.79 Å². The second kappa shape index (κ2) is 8.01. The van der Waals surface area contributed by atoms with Crippen LogP contribution in [0, 0.1) is 12.7 Å². The maximum absolute atomic E-state index is 14.5. The van der Waals surface area contributed by atoms with Crippen molar-refractivity contribution in [3.05, 3.63) is 58.9 Å². The number of benzene rings is 2. The zero-order valence-electron chi connectivity index (χ0n) is 16.4. The van der Waals surface area contributed by atoms with Gasteiger partial charge in [-0.15, -0.1) is 0 Å². The number of carbonyl (C=O) groups excluding carboxylic acids is 1. The number of aryl methyl sites for hydroxylation is 2. The zero-order valence-corrected chi connectivity index (χ0v) is 17.2. The summed E-state index contributed by atoms with van der Waals surface area (Å²) in [4.78, 5) is 14.6. The predicted molar refractivity (Wildman–Crippen MR) is 108 cm³/mol. The van der Waals surface area contributed by atoms with Gasteiger partial charge >= 0.3 is 0 Å². The molecule has 150 valence electrons. The molecule has 1 heterocycles. The van der Waals surface area contributed by atoms with Gasteiger partial charge in [0.05, 0.1) is 10.5 Å². The Morgan fingerprint density at radius 3 is 2.54 bits per heavy atom. The van der Waals surface area contributed by atoms with Crippen LogP contribution < -0.4 is 4.90 Å². The summed E-state index contributed by atoms with van der Waals surface area (Å²) >= 11 is 0. The van der Waals surface area contributed by atoms with E-state index < -0.39 is 21.7 Å². The van der Waals surface area contributed by atoms with Crippen molar-refractivity contribution in [1.82, 2.24) is 4.31 Å². The SMILES string of the molecule is CCN(CC)S(=O)(=O)c1ccc(F)c(C(=O)N2CCCc3cc(C)ccc32)c1. The molecular formula is C21H25FN2O3S. The summed E-state index contributed by atoms with van der Waals surface area (Å²) in [5.74, 6) is -1.23. The number of rotatable bonds is 5. The normalized spacial score (nSPS) is 14.2. The highest BCUT2D eigenvalue weighted by molar-refractivity contribution is 7.89. The molecule has 0 atom stereocenters. The molecule has 0 saturated carbocycles. The van der Waals surface area contributed by atoms with Crippen molar-refractivity contribution in [3.63, 3.8) is 0 Å². The molecule has 2 aromatic carbocycles. The molecule has 0 unspecified atom stereocenters. The number of hydrogen-bond donors (Lipinski definition) is 0. The van der Waals surface area contributed by atoms with E-state index in [0.29, 0.717) is 19.6 Å². The summed E-state index contributed by atoms with van der Waals surface area (Å²) in [6.45, 7) is 6.55. The monoisotopic (exact) mass is 404 g/mol. The largest absolute Gasteiger partial charge is 0.308 e. The Labute approximate surface area is 165 Å².